The first kappa shape index (κ1) is 14.6. The summed E-state index contributed by atoms with van der Waals surface area (Å²) in [6.45, 7) is 0. The molecule has 2 aromatic rings. The van der Waals surface area contributed by atoms with E-state index in [2.05, 4.69) is 15.9 Å². The molecule has 0 aliphatic carbocycles. The van der Waals surface area contributed by atoms with Crippen molar-refractivity contribution >= 4 is 21.7 Å². The van der Waals surface area contributed by atoms with Gasteiger partial charge in [0.05, 0.1) is 12.8 Å². The minimum Gasteiger partial charge on any atom is -0.497 e. The third-order valence-electron chi connectivity index (χ3n) is 3.28. The molecule has 2 rings (SSSR count). The second-order valence-corrected chi connectivity index (χ2v) is 4.95. The van der Waals surface area contributed by atoms with Crippen molar-refractivity contribution in [3.05, 3.63) is 51.7 Å². The number of ketones is 1. The molecule has 6 heteroatoms. The van der Waals surface area contributed by atoms with Crippen molar-refractivity contribution in [2.75, 3.05) is 7.11 Å². The lowest BCUT2D eigenvalue weighted by atomic mass is 10.1. The average Bonchev–Trinajstić information content (AvgIpc) is 2.70. The highest BCUT2D eigenvalue weighted by Crippen LogP contribution is 2.18. The van der Waals surface area contributed by atoms with Gasteiger partial charge < -0.3 is 4.74 Å². The van der Waals surface area contributed by atoms with Crippen LogP contribution in [0.25, 0.3) is 0 Å². The number of halogens is 1. The van der Waals surface area contributed by atoms with Gasteiger partial charge in [-0.25, -0.2) is 4.79 Å². The fraction of sp³-hybridized carbons (Fsp3) is 0.286. The Labute approximate surface area is 124 Å². The van der Waals surface area contributed by atoms with Crippen LogP contribution in [0.4, 0.5) is 0 Å². The van der Waals surface area contributed by atoms with Gasteiger partial charge >= 0.3 is 5.69 Å². The molecule has 0 spiro atoms. The maximum Gasteiger partial charge on any atom is 0.328 e. The van der Waals surface area contributed by atoms with Gasteiger partial charge in [-0.05, 0) is 24.3 Å². The van der Waals surface area contributed by atoms with Gasteiger partial charge in [-0.15, -0.1) is 0 Å². The Bertz CT molecular complexity index is 698. The van der Waals surface area contributed by atoms with Crippen molar-refractivity contribution in [2.24, 2.45) is 14.1 Å². The molecule has 20 heavy (non-hydrogen) atoms. The number of hydrogen-bond acceptors (Lipinski definition) is 3. The van der Waals surface area contributed by atoms with Gasteiger partial charge in [0.15, 0.2) is 0 Å². The largest absolute Gasteiger partial charge is 0.497 e. The van der Waals surface area contributed by atoms with E-state index in [0.29, 0.717) is 28.0 Å². The topological polar surface area (TPSA) is 53.2 Å². The number of benzene rings is 1. The number of aromatic nitrogens is 2. The monoisotopic (exact) mass is 338 g/mol. The number of hydrogen-bond donors (Lipinski definition) is 0. The van der Waals surface area contributed by atoms with Gasteiger partial charge in [0.1, 0.15) is 11.4 Å². The highest BCUT2D eigenvalue weighted by Gasteiger charge is 2.22. The van der Waals surface area contributed by atoms with Crippen LogP contribution in [-0.4, -0.2) is 22.0 Å². The standard InChI is InChI=1S/C14H15BrN2O3/c1-16-11(8-15)12(17(2)14(16)19)13(18)9-4-6-10(20-3)7-5-9/h4-7H,8H2,1-3H3. The normalized spacial score (nSPS) is 10.6. The molecule has 0 fully saturated rings. The van der Waals surface area contributed by atoms with Gasteiger partial charge in [-0.3, -0.25) is 13.9 Å². The second-order valence-electron chi connectivity index (χ2n) is 4.39. The molecule has 0 aliphatic heterocycles. The van der Waals surface area contributed by atoms with E-state index in [9.17, 15) is 9.59 Å². The van der Waals surface area contributed by atoms with E-state index in [4.69, 9.17) is 4.74 Å². The number of carbonyl (C=O) groups excluding carboxylic acids is 1. The molecule has 0 bridgehead atoms. The maximum absolute atomic E-state index is 12.6. The van der Waals surface area contributed by atoms with Crippen LogP contribution >= 0.6 is 15.9 Å². The first-order valence-electron chi connectivity index (χ1n) is 6.00. The van der Waals surface area contributed by atoms with Crippen LogP contribution in [0, 0.1) is 0 Å². The molecule has 0 aliphatic rings. The molecule has 0 atom stereocenters. The number of carbonyl (C=O) groups is 1. The zero-order valence-electron chi connectivity index (χ0n) is 11.5. The number of rotatable bonds is 4. The van der Waals surface area contributed by atoms with E-state index in [1.54, 1.807) is 45.5 Å². The van der Waals surface area contributed by atoms with E-state index in [-0.39, 0.29) is 11.5 Å². The van der Waals surface area contributed by atoms with Crippen LogP contribution in [0.1, 0.15) is 21.7 Å². The van der Waals surface area contributed by atoms with Gasteiger partial charge in [0.25, 0.3) is 0 Å². The van der Waals surface area contributed by atoms with Crippen molar-refractivity contribution in [1.82, 2.24) is 9.13 Å². The number of nitrogens with zero attached hydrogens (tertiary/aromatic N) is 2. The number of imidazole rings is 1. The van der Waals surface area contributed by atoms with E-state index < -0.39 is 0 Å². The molecule has 0 amide bonds. The van der Waals surface area contributed by atoms with Gasteiger partial charge in [-0.2, -0.15) is 0 Å². The Morgan fingerprint density at radius 1 is 1.20 bits per heavy atom. The number of methoxy groups -OCH3 is 1. The second kappa shape index (κ2) is 5.66. The molecule has 106 valence electrons. The van der Waals surface area contributed by atoms with Crippen molar-refractivity contribution in [3.8, 4) is 5.75 Å². The summed E-state index contributed by atoms with van der Waals surface area (Å²) in [6, 6.07) is 6.83. The molecule has 1 aromatic heterocycles. The summed E-state index contributed by atoms with van der Waals surface area (Å²) >= 11 is 3.33. The highest BCUT2D eigenvalue weighted by atomic mass is 79.9. The summed E-state index contributed by atoms with van der Waals surface area (Å²) in [6.07, 6.45) is 0. The zero-order valence-corrected chi connectivity index (χ0v) is 13.1. The first-order chi connectivity index (χ1) is 9.51. The predicted molar refractivity (Wildman–Crippen MR) is 79.7 cm³/mol. The quantitative estimate of drug-likeness (QED) is 0.631. The van der Waals surface area contributed by atoms with Crippen LogP contribution in [-0.2, 0) is 19.4 Å². The van der Waals surface area contributed by atoms with Crippen LogP contribution in [0.3, 0.4) is 0 Å². The molecule has 0 radical (unpaired) electrons. The van der Waals surface area contributed by atoms with Crippen molar-refractivity contribution in [3.63, 3.8) is 0 Å². The Morgan fingerprint density at radius 3 is 2.30 bits per heavy atom. The van der Waals surface area contributed by atoms with Gasteiger partial charge in [0, 0.05) is 25.0 Å². The molecule has 0 N–H and O–H groups in total. The molecule has 0 saturated carbocycles. The first-order valence-corrected chi connectivity index (χ1v) is 7.12. The molecular formula is C14H15BrN2O3. The lowest BCUT2D eigenvalue weighted by Gasteiger charge is -2.05. The van der Waals surface area contributed by atoms with Crippen LogP contribution < -0.4 is 10.4 Å². The third-order valence-corrected chi connectivity index (χ3v) is 3.81. The van der Waals surface area contributed by atoms with E-state index in [1.165, 1.54) is 9.13 Å². The van der Waals surface area contributed by atoms with E-state index in [1.807, 2.05) is 0 Å². The Kier molecular flexibility index (Phi) is 4.13. The fourth-order valence-corrected chi connectivity index (χ4v) is 2.75. The predicted octanol–water partition coefficient (Wildman–Crippen LogP) is 1.86. The molecule has 1 aromatic carbocycles. The summed E-state index contributed by atoms with van der Waals surface area (Å²) in [7, 11) is 4.83. The van der Waals surface area contributed by atoms with Crippen molar-refractivity contribution < 1.29 is 9.53 Å². The van der Waals surface area contributed by atoms with Crippen molar-refractivity contribution in [1.29, 1.82) is 0 Å². The Balaban J connectivity index is 2.53. The highest BCUT2D eigenvalue weighted by molar-refractivity contribution is 9.08. The molecule has 1 heterocycles. The Morgan fingerprint density at radius 2 is 1.80 bits per heavy atom. The van der Waals surface area contributed by atoms with Crippen LogP contribution in [0.2, 0.25) is 0 Å². The smallest absolute Gasteiger partial charge is 0.328 e. The van der Waals surface area contributed by atoms with Crippen LogP contribution in [0.15, 0.2) is 29.1 Å². The van der Waals surface area contributed by atoms with Gasteiger partial charge in [0.2, 0.25) is 5.78 Å². The summed E-state index contributed by atoms with van der Waals surface area (Å²) in [5.41, 5.74) is 1.38. The lowest BCUT2D eigenvalue weighted by molar-refractivity contribution is 0.103. The average molecular weight is 339 g/mol. The zero-order chi connectivity index (χ0) is 14.9. The van der Waals surface area contributed by atoms with Crippen molar-refractivity contribution in [2.45, 2.75) is 5.33 Å². The fourth-order valence-electron chi connectivity index (χ4n) is 2.10. The number of ether oxygens (including phenoxy) is 1. The summed E-state index contributed by atoms with van der Waals surface area (Å²) in [5, 5.41) is 0.441. The summed E-state index contributed by atoms with van der Waals surface area (Å²) < 4.78 is 7.92. The van der Waals surface area contributed by atoms with Gasteiger partial charge in [-0.1, -0.05) is 15.9 Å². The maximum atomic E-state index is 12.6. The Hall–Kier alpha value is -1.82. The molecule has 0 unspecified atom stereocenters. The van der Waals surface area contributed by atoms with Crippen LogP contribution in [0.5, 0.6) is 5.75 Å². The molecule has 0 saturated heterocycles. The molecular weight excluding hydrogens is 324 g/mol. The van der Waals surface area contributed by atoms with E-state index in [0.717, 1.165) is 0 Å². The third kappa shape index (κ3) is 2.31. The summed E-state index contributed by atoms with van der Waals surface area (Å²) in [5.74, 6) is 0.506. The minimum absolute atomic E-state index is 0.178. The number of alkyl halides is 1. The SMILES string of the molecule is COc1ccc(C(=O)c2c(CBr)n(C)c(=O)n2C)cc1. The molecule has 5 nitrogen and oxygen atoms in total. The van der Waals surface area contributed by atoms with E-state index >= 15 is 0 Å². The summed E-state index contributed by atoms with van der Waals surface area (Å²) in [4.78, 5) is 24.5. The minimum atomic E-state index is -0.212. The lowest BCUT2D eigenvalue weighted by Crippen LogP contribution is -2.21.